The Bertz CT molecular complexity index is 868. The van der Waals surface area contributed by atoms with Crippen molar-refractivity contribution in [1.29, 1.82) is 0 Å². The SMILES string of the molecule is C=CCN1C(=O)C(=O)N(CC(=O)N2CCC[C@H]2c2cc(OC)ccc2OC)C1=O. The summed E-state index contributed by atoms with van der Waals surface area (Å²) in [4.78, 5) is 52.5. The monoisotopic (exact) mass is 401 g/mol. The zero-order chi connectivity index (χ0) is 21.1. The van der Waals surface area contributed by atoms with E-state index in [0.29, 0.717) is 29.4 Å². The van der Waals surface area contributed by atoms with Crippen LogP contribution in [0.3, 0.4) is 0 Å². The van der Waals surface area contributed by atoms with Gasteiger partial charge in [0.25, 0.3) is 0 Å². The molecule has 1 aromatic carbocycles. The summed E-state index contributed by atoms with van der Waals surface area (Å²) in [5, 5.41) is 0. The summed E-state index contributed by atoms with van der Waals surface area (Å²) < 4.78 is 10.7. The van der Waals surface area contributed by atoms with Crippen LogP contribution in [0.1, 0.15) is 24.4 Å². The maximum Gasteiger partial charge on any atom is 0.335 e. The van der Waals surface area contributed by atoms with Crippen molar-refractivity contribution in [2.75, 3.05) is 33.9 Å². The Kier molecular flexibility index (Phi) is 5.86. The molecule has 0 unspecified atom stereocenters. The lowest BCUT2D eigenvalue weighted by molar-refractivity contribution is -0.145. The summed E-state index contributed by atoms with van der Waals surface area (Å²) in [5.74, 6) is -1.10. The Balaban J connectivity index is 1.81. The molecule has 0 saturated carbocycles. The quantitative estimate of drug-likeness (QED) is 0.389. The van der Waals surface area contributed by atoms with Gasteiger partial charge in [-0.15, -0.1) is 6.58 Å². The summed E-state index contributed by atoms with van der Waals surface area (Å²) >= 11 is 0. The Labute approximate surface area is 168 Å². The van der Waals surface area contributed by atoms with E-state index >= 15 is 0 Å². The van der Waals surface area contributed by atoms with Gasteiger partial charge in [0.1, 0.15) is 18.0 Å². The molecule has 2 aliphatic rings. The van der Waals surface area contributed by atoms with Gasteiger partial charge < -0.3 is 14.4 Å². The molecule has 3 rings (SSSR count). The second kappa shape index (κ2) is 8.34. The molecule has 2 fully saturated rings. The average molecular weight is 401 g/mol. The van der Waals surface area contributed by atoms with E-state index in [9.17, 15) is 19.2 Å². The number of likely N-dealkylation sites (tertiary alicyclic amines) is 1. The van der Waals surface area contributed by atoms with E-state index in [0.717, 1.165) is 16.9 Å². The van der Waals surface area contributed by atoms with E-state index in [1.165, 1.54) is 6.08 Å². The fourth-order valence-corrected chi connectivity index (χ4v) is 3.69. The zero-order valence-electron chi connectivity index (χ0n) is 16.4. The number of urea groups is 1. The second-order valence-corrected chi connectivity index (χ2v) is 6.73. The molecule has 9 nitrogen and oxygen atoms in total. The first-order valence-corrected chi connectivity index (χ1v) is 9.22. The number of amides is 5. The highest BCUT2D eigenvalue weighted by Crippen LogP contribution is 2.39. The van der Waals surface area contributed by atoms with Gasteiger partial charge in [-0.2, -0.15) is 0 Å². The van der Waals surface area contributed by atoms with Crippen LogP contribution in [0, 0.1) is 0 Å². The molecule has 1 aromatic rings. The van der Waals surface area contributed by atoms with Crippen LogP contribution in [-0.4, -0.2) is 72.3 Å². The lowest BCUT2D eigenvalue weighted by Crippen LogP contribution is -2.43. The minimum absolute atomic E-state index is 0.0819. The highest BCUT2D eigenvalue weighted by molar-refractivity contribution is 6.45. The molecule has 2 aliphatic heterocycles. The van der Waals surface area contributed by atoms with E-state index in [4.69, 9.17) is 9.47 Å². The highest BCUT2D eigenvalue weighted by atomic mass is 16.5. The smallest absolute Gasteiger partial charge is 0.335 e. The van der Waals surface area contributed by atoms with Crippen LogP contribution in [0.25, 0.3) is 0 Å². The third kappa shape index (κ3) is 3.67. The Morgan fingerprint density at radius 1 is 1.17 bits per heavy atom. The number of imide groups is 2. The third-order valence-electron chi connectivity index (χ3n) is 5.11. The molecular weight excluding hydrogens is 378 g/mol. The Morgan fingerprint density at radius 2 is 1.90 bits per heavy atom. The maximum absolute atomic E-state index is 13.0. The first kappa shape index (κ1) is 20.4. The molecule has 2 heterocycles. The highest BCUT2D eigenvalue weighted by Gasteiger charge is 2.45. The first-order chi connectivity index (χ1) is 13.9. The van der Waals surface area contributed by atoms with Crippen LogP contribution in [0.2, 0.25) is 0 Å². The van der Waals surface area contributed by atoms with E-state index in [1.54, 1.807) is 31.3 Å². The number of hydrogen-bond acceptors (Lipinski definition) is 6. The van der Waals surface area contributed by atoms with E-state index < -0.39 is 30.3 Å². The van der Waals surface area contributed by atoms with Crippen LogP contribution in [-0.2, 0) is 14.4 Å². The molecular formula is C20H23N3O6. The largest absolute Gasteiger partial charge is 0.497 e. The summed E-state index contributed by atoms with van der Waals surface area (Å²) in [6.07, 6.45) is 2.82. The molecule has 29 heavy (non-hydrogen) atoms. The fraction of sp³-hybridized carbons (Fsp3) is 0.400. The number of ether oxygens (including phenoxy) is 2. The normalized spacial score (nSPS) is 19.2. The van der Waals surface area contributed by atoms with Gasteiger partial charge >= 0.3 is 17.8 Å². The van der Waals surface area contributed by atoms with Crippen molar-refractivity contribution in [3.63, 3.8) is 0 Å². The van der Waals surface area contributed by atoms with Gasteiger partial charge in [0.05, 0.1) is 20.3 Å². The third-order valence-corrected chi connectivity index (χ3v) is 5.11. The van der Waals surface area contributed by atoms with Crippen LogP contribution >= 0.6 is 0 Å². The number of methoxy groups -OCH3 is 2. The van der Waals surface area contributed by atoms with Crippen molar-refractivity contribution in [1.82, 2.24) is 14.7 Å². The zero-order valence-corrected chi connectivity index (χ0v) is 16.4. The molecule has 9 heteroatoms. The maximum atomic E-state index is 13.0. The van der Waals surface area contributed by atoms with Crippen molar-refractivity contribution in [3.8, 4) is 11.5 Å². The van der Waals surface area contributed by atoms with Crippen LogP contribution in [0.15, 0.2) is 30.9 Å². The van der Waals surface area contributed by atoms with Crippen molar-refractivity contribution in [2.24, 2.45) is 0 Å². The van der Waals surface area contributed by atoms with Crippen molar-refractivity contribution in [3.05, 3.63) is 36.4 Å². The van der Waals surface area contributed by atoms with Crippen molar-refractivity contribution in [2.45, 2.75) is 18.9 Å². The topological polar surface area (TPSA) is 96.5 Å². The molecule has 0 bridgehead atoms. The van der Waals surface area contributed by atoms with Gasteiger partial charge in [-0.05, 0) is 31.0 Å². The van der Waals surface area contributed by atoms with Gasteiger partial charge in [0.2, 0.25) is 5.91 Å². The predicted octanol–water partition coefficient (Wildman–Crippen LogP) is 1.34. The molecule has 0 aromatic heterocycles. The fourth-order valence-electron chi connectivity index (χ4n) is 3.69. The summed E-state index contributed by atoms with van der Waals surface area (Å²) in [6, 6.07) is 4.28. The minimum atomic E-state index is -1.00. The molecule has 154 valence electrons. The van der Waals surface area contributed by atoms with Gasteiger partial charge in [0.15, 0.2) is 0 Å². The number of rotatable bonds is 7. The molecule has 5 amide bonds. The summed E-state index contributed by atoms with van der Waals surface area (Å²) in [6.45, 7) is 3.38. The summed E-state index contributed by atoms with van der Waals surface area (Å²) in [7, 11) is 3.10. The first-order valence-electron chi connectivity index (χ1n) is 9.22. The van der Waals surface area contributed by atoms with Gasteiger partial charge in [-0.1, -0.05) is 6.08 Å². The Hall–Kier alpha value is -3.36. The number of carbonyl (C=O) groups excluding carboxylic acids is 4. The number of nitrogens with zero attached hydrogens (tertiary/aromatic N) is 3. The van der Waals surface area contributed by atoms with E-state index in [-0.39, 0.29) is 12.6 Å². The van der Waals surface area contributed by atoms with E-state index in [1.807, 2.05) is 6.07 Å². The van der Waals surface area contributed by atoms with Crippen molar-refractivity contribution < 1.29 is 28.7 Å². The molecule has 1 atom stereocenters. The molecule has 0 radical (unpaired) electrons. The van der Waals surface area contributed by atoms with Crippen LogP contribution in [0.4, 0.5) is 4.79 Å². The Morgan fingerprint density at radius 3 is 2.55 bits per heavy atom. The average Bonchev–Trinajstić information content (AvgIpc) is 3.29. The number of hydrogen-bond donors (Lipinski definition) is 0. The molecule has 0 spiro atoms. The molecule has 0 N–H and O–H groups in total. The van der Waals surface area contributed by atoms with E-state index in [2.05, 4.69) is 6.58 Å². The van der Waals surface area contributed by atoms with Crippen LogP contribution < -0.4 is 9.47 Å². The van der Waals surface area contributed by atoms with Gasteiger partial charge in [-0.3, -0.25) is 19.3 Å². The number of benzene rings is 1. The van der Waals surface area contributed by atoms with Gasteiger partial charge in [-0.25, -0.2) is 9.69 Å². The molecule has 2 saturated heterocycles. The lowest BCUT2D eigenvalue weighted by atomic mass is 10.0. The van der Waals surface area contributed by atoms with Gasteiger partial charge in [0, 0.05) is 18.7 Å². The van der Waals surface area contributed by atoms with Crippen molar-refractivity contribution >= 4 is 23.8 Å². The predicted molar refractivity (Wildman–Crippen MR) is 102 cm³/mol. The summed E-state index contributed by atoms with van der Waals surface area (Å²) in [5.41, 5.74) is 0.793. The molecule has 0 aliphatic carbocycles. The second-order valence-electron chi connectivity index (χ2n) is 6.73. The van der Waals surface area contributed by atoms with Crippen LogP contribution in [0.5, 0.6) is 11.5 Å². The lowest BCUT2D eigenvalue weighted by Gasteiger charge is -2.28. The minimum Gasteiger partial charge on any atom is -0.497 e. The number of carbonyl (C=O) groups is 4. The standard InChI is InChI=1S/C20H23N3O6/c1-4-9-22-18(25)19(26)23(20(22)27)12-17(24)21-10-5-6-15(21)14-11-13(28-2)7-8-16(14)29-3/h4,7-8,11,15H,1,5-6,9-10,12H2,2-3H3/t15-/m0/s1.